The lowest BCUT2D eigenvalue weighted by Crippen LogP contribution is -2.34. The number of aromatic nitrogens is 2. The van der Waals surface area contributed by atoms with Gasteiger partial charge < -0.3 is 14.7 Å². The zero-order valence-electron chi connectivity index (χ0n) is 14.8. The summed E-state index contributed by atoms with van der Waals surface area (Å²) in [5, 5.41) is 15.6. The van der Waals surface area contributed by atoms with E-state index in [0.717, 1.165) is 6.42 Å². The van der Waals surface area contributed by atoms with Gasteiger partial charge in [0.25, 0.3) is 0 Å². The average molecular weight is 377 g/mol. The summed E-state index contributed by atoms with van der Waals surface area (Å²) in [4.78, 5) is 18.7. The topological polar surface area (TPSA) is 95.1 Å². The van der Waals surface area contributed by atoms with Crippen LogP contribution in [-0.2, 0) is 0 Å². The molecule has 2 heterocycles. The highest BCUT2D eigenvalue weighted by Crippen LogP contribution is 2.32. The van der Waals surface area contributed by atoms with Gasteiger partial charge in [0.2, 0.25) is 11.7 Å². The first-order valence-corrected chi connectivity index (χ1v) is 8.81. The number of hydrogen-bond donors (Lipinski definition) is 1. The number of nitriles is 1. The molecular weight excluding hydrogens is 361 g/mol. The van der Waals surface area contributed by atoms with Crippen molar-refractivity contribution in [2.24, 2.45) is 0 Å². The van der Waals surface area contributed by atoms with Crippen LogP contribution in [0.1, 0.15) is 30.3 Å². The summed E-state index contributed by atoms with van der Waals surface area (Å²) in [6.45, 7) is 0.570. The van der Waals surface area contributed by atoms with Crippen LogP contribution in [0.15, 0.2) is 53.1 Å². The Bertz CT molecular complexity index is 1020. The first-order chi connectivity index (χ1) is 13.6. The van der Waals surface area contributed by atoms with Crippen LogP contribution in [0.2, 0.25) is 0 Å². The zero-order chi connectivity index (χ0) is 19.5. The number of nitrogens with zero attached hydrogens (tertiary/aromatic N) is 4. The number of nitrogens with one attached hydrogen (secondary N) is 1. The Morgan fingerprint density at radius 2 is 1.96 bits per heavy atom. The number of anilines is 1. The minimum Gasteiger partial charge on any atom is -0.337 e. The van der Waals surface area contributed by atoms with Crippen molar-refractivity contribution in [1.82, 2.24) is 15.0 Å². The van der Waals surface area contributed by atoms with E-state index < -0.39 is 0 Å². The molecule has 0 spiro atoms. The molecule has 1 fully saturated rings. The molecule has 0 unspecified atom stereocenters. The lowest BCUT2D eigenvalue weighted by atomic mass is 10.2. The number of urea groups is 1. The molecule has 28 heavy (non-hydrogen) atoms. The third-order valence-corrected chi connectivity index (χ3v) is 4.61. The molecular formula is C20H16FN5O2. The predicted molar refractivity (Wildman–Crippen MR) is 98.5 cm³/mol. The van der Waals surface area contributed by atoms with Crippen molar-refractivity contribution in [1.29, 1.82) is 5.26 Å². The van der Waals surface area contributed by atoms with Crippen molar-refractivity contribution in [3.05, 3.63) is 65.8 Å². The van der Waals surface area contributed by atoms with E-state index in [4.69, 9.17) is 9.78 Å². The second-order valence-electron chi connectivity index (χ2n) is 6.43. The molecule has 1 aliphatic rings. The van der Waals surface area contributed by atoms with E-state index in [1.165, 1.54) is 12.1 Å². The second-order valence-corrected chi connectivity index (χ2v) is 6.43. The van der Waals surface area contributed by atoms with Crippen LogP contribution in [0.4, 0.5) is 14.9 Å². The Labute approximate surface area is 160 Å². The number of rotatable bonds is 3. The highest BCUT2D eigenvalue weighted by molar-refractivity contribution is 5.89. The van der Waals surface area contributed by atoms with Gasteiger partial charge in [0.15, 0.2) is 0 Å². The van der Waals surface area contributed by atoms with Gasteiger partial charge in [-0.15, -0.1) is 0 Å². The third kappa shape index (κ3) is 3.55. The van der Waals surface area contributed by atoms with Crippen LogP contribution in [0.25, 0.3) is 11.4 Å². The van der Waals surface area contributed by atoms with Crippen LogP contribution in [0, 0.1) is 17.1 Å². The van der Waals surface area contributed by atoms with Crippen molar-refractivity contribution >= 4 is 11.7 Å². The number of carbonyl (C=O) groups is 1. The maximum absolute atomic E-state index is 13.1. The molecule has 4 rings (SSSR count). The Balaban J connectivity index is 1.49. The minimum atomic E-state index is -0.339. The van der Waals surface area contributed by atoms with Crippen molar-refractivity contribution in [2.45, 2.75) is 18.9 Å². The van der Waals surface area contributed by atoms with Crippen LogP contribution < -0.4 is 5.32 Å². The lowest BCUT2D eigenvalue weighted by Gasteiger charge is -2.22. The van der Waals surface area contributed by atoms with Crippen LogP contribution >= 0.6 is 0 Å². The molecule has 1 aromatic heterocycles. The first kappa shape index (κ1) is 17.7. The van der Waals surface area contributed by atoms with Crippen molar-refractivity contribution in [2.75, 3.05) is 11.9 Å². The molecule has 1 N–H and O–H groups in total. The lowest BCUT2D eigenvalue weighted by molar-refractivity contribution is 0.193. The molecule has 0 bridgehead atoms. The smallest absolute Gasteiger partial charge is 0.322 e. The summed E-state index contributed by atoms with van der Waals surface area (Å²) in [6.07, 6.45) is 1.53. The predicted octanol–water partition coefficient (Wildman–Crippen LogP) is 4.12. The number of hydrogen-bond acceptors (Lipinski definition) is 5. The normalized spacial score (nSPS) is 16.0. The molecule has 2 amide bonds. The van der Waals surface area contributed by atoms with Crippen molar-refractivity contribution < 1.29 is 13.7 Å². The average Bonchev–Trinajstić information content (AvgIpc) is 3.38. The van der Waals surface area contributed by atoms with Crippen LogP contribution in [0.3, 0.4) is 0 Å². The Morgan fingerprint density at radius 1 is 1.21 bits per heavy atom. The van der Waals surface area contributed by atoms with Crippen LogP contribution in [-0.4, -0.2) is 27.6 Å². The van der Waals surface area contributed by atoms with Gasteiger partial charge >= 0.3 is 6.03 Å². The quantitative estimate of drug-likeness (QED) is 0.741. The van der Waals surface area contributed by atoms with Crippen LogP contribution in [0.5, 0.6) is 0 Å². The van der Waals surface area contributed by atoms with Crippen molar-refractivity contribution in [3.63, 3.8) is 0 Å². The summed E-state index contributed by atoms with van der Waals surface area (Å²) in [6, 6.07) is 13.9. The summed E-state index contributed by atoms with van der Waals surface area (Å²) in [5.41, 5.74) is 1.77. The standard InChI is InChI=1S/C20H16FN5O2/c21-15-7-5-14(6-8-15)18-24-19(28-25-18)17-2-1-11-26(17)20(27)23-16-9-3-13(12-22)4-10-16/h3-10,17H,1-2,11H2,(H,23,27)/t17-/m1/s1. The van der Waals surface area contributed by atoms with E-state index in [2.05, 4.69) is 15.5 Å². The highest BCUT2D eigenvalue weighted by atomic mass is 19.1. The van der Waals surface area contributed by atoms with E-state index in [1.54, 1.807) is 41.3 Å². The van der Waals surface area contributed by atoms with Gasteiger partial charge in [-0.25, -0.2) is 9.18 Å². The number of carbonyl (C=O) groups excluding carboxylic acids is 1. The maximum atomic E-state index is 13.1. The summed E-state index contributed by atoms with van der Waals surface area (Å²) in [5.74, 6) is 0.370. The van der Waals surface area contributed by atoms with E-state index in [9.17, 15) is 9.18 Å². The third-order valence-electron chi connectivity index (χ3n) is 4.61. The highest BCUT2D eigenvalue weighted by Gasteiger charge is 2.34. The molecule has 1 aliphatic heterocycles. The molecule has 8 heteroatoms. The first-order valence-electron chi connectivity index (χ1n) is 8.81. The molecule has 0 saturated carbocycles. The molecule has 140 valence electrons. The zero-order valence-corrected chi connectivity index (χ0v) is 14.8. The van der Waals surface area contributed by atoms with E-state index in [1.807, 2.05) is 6.07 Å². The summed E-state index contributed by atoms with van der Waals surface area (Å²) < 4.78 is 18.5. The largest absolute Gasteiger partial charge is 0.337 e. The fraction of sp³-hybridized carbons (Fsp3) is 0.200. The van der Waals surface area contributed by atoms with Gasteiger partial charge in [-0.1, -0.05) is 5.16 Å². The van der Waals surface area contributed by atoms with Gasteiger partial charge in [0.05, 0.1) is 11.6 Å². The number of likely N-dealkylation sites (tertiary alicyclic amines) is 1. The number of benzene rings is 2. The van der Waals surface area contributed by atoms with E-state index in [0.29, 0.717) is 41.5 Å². The number of halogens is 1. The molecule has 0 aliphatic carbocycles. The van der Waals surface area contributed by atoms with Gasteiger partial charge in [0, 0.05) is 17.8 Å². The Kier molecular flexibility index (Phi) is 4.72. The SMILES string of the molecule is N#Cc1ccc(NC(=O)N2CCC[C@@H]2c2nc(-c3ccc(F)cc3)no2)cc1. The van der Waals surface area contributed by atoms with E-state index >= 15 is 0 Å². The summed E-state index contributed by atoms with van der Waals surface area (Å²) >= 11 is 0. The molecule has 3 aromatic rings. The minimum absolute atomic E-state index is 0.270. The fourth-order valence-corrected chi connectivity index (χ4v) is 3.18. The van der Waals surface area contributed by atoms with Gasteiger partial charge in [-0.2, -0.15) is 10.2 Å². The van der Waals surface area contributed by atoms with Gasteiger partial charge in [0.1, 0.15) is 11.9 Å². The van der Waals surface area contributed by atoms with Crippen molar-refractivity contribution in [3.8, 4) is 17.5 Å². The maximum Gasteiger partial charge on any atom is 0.322 e. The monoisotopic (exact) mass is 377 g/mol. The molecule has 1 atom stereocenters. The second kappa shape index (κ2) is 7.48. The Hall–Kier alpha value is -3.73. The van der Waals surface area contributed by atoms with E-state index in [-0.39, 0.29) is 17.9 Å². The molecule has 0 radical (unpaired) electrons. The number of amides is 2. The van der Waals surface area contributed by atoms with Gasteiger partial charge in [-0.3, -0.25) is 0 Å². The Morgan fingerprint density at radius 3 is 2.68 bits per heavy atom. The fourth-order valence-electron chi connectivity index (χ4n) is 3.18. The molecule has 2 aromatic carbocycles. The molecule has 1 saturated heterocycles. The van der Waals surface area contributed by atoms with Gasteiger partial charge in [-0.05, 0) is 61.4 Å². The molecule has 7 nitrogen and oxygen atoms in total. The summed E-state index contributed by atoms with van der Waals surface area (Å²) in [7, 11) is 0.